The zero-order valence-corrected chi connectivity index (χ0v) is 8.81. The summed E-state index contributed by atoms with van der Waals surface area (Å²) in [7, 11) is 0. The maximum atomic E-state index is 5.44. The fraction of sp³-hybridized carbons (Fsp3) is 0.125. The number of hydrazone groups is 1. The van der Waals surface area contributed by atoms with Gasteiger partial charge in [-0.3, -0.25) is 5.43 Å². The molecular weight excluding hydrogens is 230 g/mol. The van der Waals surface area contributed by atoms with Crippen molar-refractivity contribution in [3.8, 4) is 0 Å². The smallest absolute Gasteiger partial charge is 0.227 e. The number of hydrogen-bond donors (Lipinski definition) is 1. The summed E-state index contributed by atoms with van der Waals surface area (Å²) in [4.78, 5) is 0. The third kappa shape index (κ3) is 4.98. The molecule has 2 nitrogen and oxygen atoms in total. The summed E-state index contributed by atoms with van der Waals surface area (Å²) in [5.41, 5.74) is 3.56. The van der Waals surface area contributed by atoms with Gasteiger partial charge in [-0.25, -0.2) is 0 Å². The summed E-state index contributed by atoms with van der Waals surface area (Å²) >= 11 is 16.3. The van der Waals surface area contributed by atoms with Crippen molar-refractivity contribution in [2.24, 2.45) is 5.10 Å². The van der Waals surface area contributed by atoms with Crippen LogP contribution in [0.25, 0.3) is 0 Å². The molecule has 1 N–H and O–H groups in total. The van der Waals surface area contributed by atoms with Gasteiger partial charge in [0.15, 0.2) is 0 Å². The minimum Gasteiger partial charge on any atom is -0.279 e. The van der Waals surface area contributed by atoms with Gasteiger partial charge in [0.25, 0.3) is 0 Å². The van der Waals surface area contributed by atoms with Crippen molar-refractivity contribution in [3.63, 3.8) is 0 Å². The Morgan fingerprint density at radius 1 is 1.15 bits per heavy atom. The largest absolute Gasteiger partial charge is 0.279 e. The lowest BCUT2D eigenvalue weighted by molar-refractivity contribution is 1.33. The van der Waals surface area contributed by atoms with E-state index in [0.29, 0.717) is 0 Å². The number of alkyl halides is 3. The summed E-state index contributed by atoms with van der Waals surface area (Å²) in [6, 6.07) is 9.38. The van der Waals surface area contributed by atoms with E-state index < -0.39 is 3.79 Å². The summed E-state index contributed by atoms with van der Waals surface area (Å²) in [6.45, 7) is 0. The van der Waals surface area contributed by atoms with Crippen LogP contribution in [0.3, 0.4) is 0 Å². The van der Waals surface area contributed by atoms with E-state index in [0.717, 1.165) is 5.69 Å². The van der Waals surface area contributed by atoms with Gasteiger partial charge in [-0.1, -0.05) is 53.0 Å². The molecule has 5 heteroatoms. The molecule has 13 heavy (non-hydrogen) atoms. The molecule has 0 radical (unpaired) electrons. The Kier molecular flexibility index (Phi) is 3.85. The fourth-order valence-electron chi connectivity index (χ4n) is 0.693. The second kappa shape index (κ2) is 4.70. The van der Waals surface area contributed by atoms with Crippen LogP contribution in [0.5, 0.6) is 0 Å². The number of rotatable bonds is 2. The number of hydrogen-bond acceptors (Lipinski definition) is 2. The second-order valence-corrected chi connectivity index (χ2v) is 4.65. The minimum atomic E-state index is -1.46. The predicted octanol–water partition coefficient (Wildman–Crippen LogP) is 3.45. The van der Waals surface area contributed by atoms with Crippen molar-refractivity contribution in [1.82, 2.24) is 0 Å². The minimum absolute atomic E-state index is 0.841. The van der Waals surface area contributed by atoms with Crippen LogP contribution in [0.1, 0.15) is 0 Å². The first-order chi connectivity index (χ1) is 6.08. The van der Waals surface area contributed by atoms with Crippen molar-refractivity contribution < 1.29 is 0 Å². The number of nitrogens with zero attached hydrogens (tertiary/aromatic N) is 1. The number of benzene rings is 1. The van der Waals surface area contributed by atoms with E-state index in [1.165, 1.54) is 6.21 Å². The Labute approximate surface area is 91.5 Å². The Morgan fingerprint density at radius 2 is 1.77 bits per heavy atom. The Bertz CT molecular complexity index is 279. The van der Waals surface area contributed by atoms with Gasteiger partial charge in [0, 0.05) is 0 Å². The lowest BCUT2D eigenvalue weighted by Gasteiger charge is -2.02. The Morgan fingerprint density at radius 3 is 2.31 bits per heavy atom. The maximum Gasteiger partial charge on any atom is 0.227 e. The van der Waals surface area contributed by atoms with Crippen LogP contribution >= 0.6 is 34.8 Å². The van der Waals surface area contributed by atoms with Gasteiger partial charge < -0.3 is 0 Å². The van der Waals surface area contributed by atoms with Gasteiger partial charge in [-0.15, -0.1) is 0 Å². The van der Waals surface area contributed by atoms with Gasteiger partial charge in [0.05, 0.1) is 11.9 Å². The second-order valence-electron chi connectivity index (χ2n) is 2.28. The molecule has 0 unspecified atom stereocenters. The molecule has 0 amide bonds. The average Bonchev–Trinajstić information content (AvgIpc) is 2.04. The summed E-state index contributed by atoms with van der Waals surface area (Å²) < 4.78 is -1.46. The average molecular weight is 238 g/mol. The highest BCUT2D eigenvalue weighted by molar-refractivity contribution is 6.74. The molecule has 1 aromatic rings. The van der Waals surface area contributed by atoms with Crippen molar-refractivity contribution in [1.29, 1.82) is 0 Å². The molecule has 0 saturated carbocycles. The summed E-state index contributed by atoms with van der Waals surface area (Å²) in [5.74, 6) is 0. The van der Waals surface area contributed by atoms with E-state index in [9.17, 15) is 0 Å². The van der Waals surface area contributed by atoms with Crippen LogP contribution in [-0.4, -0.2) is 10.0 Å². The molecule has 0 heterocycles. The van der Waals surface area contributed by atoms with E-state index in [-0.39, 0.29) is 0 Å². The van der Waals surface area contributed by atoms with E-state index in [4.69, 9.17) is 34.8 Å². The number of anilines is 1. The molecule has 0 spiro atoms. The summed E-state index contributed by atoms with van der Waals surface area (Å²) in [6.07, 6.45) is 1.20. The lowest BCUT2D eigenvalue weighted by atomic mass is 10.3. The third-order valence-corrected chi connectivity index (χ3v) is 1.47. The van der Waals surface area contributed by atoms with Crippen LogP contribution in [-0.2, 0) is 0 Å². The molecule has 0 atom stereocenters. The maximum absolute atomic E-state index is 5.44. The van der Waals surface area contributed by atoms with Crippen molar-refractivity contribution in [2.75, 3.05) is 5.43 Å². The predicted molar refractivity (Wildman–Crippen MR) is 58.8 cm³/mol. The third-order valence-electron chi connectivity index (χ3n) is 1.18. The molecule has 0 saturated heterocycles. The number of halogens is 3. The molecular formula is C8H7Cl3N2. The van der Waals surface area contributed by atoms with Gasteiger partial charge in [0.1, 0.15) is 0 Å². The first-order valence-electron chi connectivity index (χ1n) is 3.50. The first kappa shape index (κ1) is 10.6. The highest BCUT2D eigenvalue weighted by atomic mass is 35.6. The van der Waals surface area contributed by atoms with Gasteiger partial charge in [-0.2, -0.15) is 5.10 Å². The van der Waals surface area contributed by atoms with Crippen LogP contribution in [0, 0.1) is 0 Å². The molecule has 70 valence electrons. The quantitative estimate of drug-likeness (QED) is 0.475. The number of nitrogens with one attached hydrogen (secondary N) is 1. The van der Waals surface area contributed by atoms with Crippen molar-refractivity contribution in [3.05, 3.63) is 30.3 Å². The highest BCUT2D eigenvalue weighted by Crippen LogP contribution is 2.22. The lowest BCUT2D eigenvalue weighted by Crippen LogP contribution is -2.04. The highest BCUT2D eigenvalue weighted by Gasteiger charge is 2.15. The monoisotopic (exact) mass is 236 g/mol. The zero-order chi connectivity index (χ0) is 9.73. The first-order valence-corrected chi connectivity index (χ1v) is 4.63. The van der Waals surface area contributed by atoms with Gasteiger partial charge in [-0.05, 0) is 12.1 Å². The van der Waals surface area contributed by atoms with Crippen molar-refractivity contribution in [2.45, 2.75) is 3.79 Å². The molecule has 0 aliphatic carbocycles. The zero-order valence-electron chi connectivity index (χ0n) is 6.55. The van der Waals surface area contributed by atoms with Crippen LogP contribution < -0.4 is 5.43 Å². The molecule has 1 aromatic carbocycles. The van der Waals surface area contributed by atoms with Crippen LogP contribution in [0.15, 0.2) is 35.4 Å². The summed E-state index contributed by atoms with van der Waals surface area (Å²) in [5, 5.41) is 3.74. The van der Waals surface area contributed by atoms with Crippen LogP contribution in [0.4, 0.5) is 5.69 Å². The Hall–Kier alpha value is -0.440. The SMILES string of the molecule is ClC(Cl)(Cl)/C=N/Nc1ccccc1. The Balaban J connectivity index is 2.49. The van der Waals surface area contributed by atoms with E-state index in [1.54, 1.807) is 0 Å². The van der Waals surface area contributed by atoms with Gasteiger partial charge in [0.2, 0.25) is 3.79 Å². The molecule has 0 aromatic heterocycles. The van der Waals surface area contributed by atoms with E-state index >= 15 is 0 Å². The molecule has 0 aliphatic rings. The standard InChI is InChI=1S/C8H7Cl3N2/c9-8(10,11)6-12-13-7-4-2-1-3-5-7/h1-6,13H/b12-6+. The molecule has 1 rings (SSSR count). The van der Waals surface area contributed by atoms with E-state index in [2.05, 4.69) is 10.5 Å². The number of para-hydroxylation sites is 1. The van der Waals surface area contributed by atoms with Gasteiger partial charge >= 0.3 is 0 Å². The van der Waals surface area contributed by atoms with E-state index in [1.807, 2.05) is 30.3 Å². The van der Waals surface area contributed by atoms with Crippen LogP contribution in [0.2, 0.25) is 0 Å². The van der Waals surface area contributed by atoms with Crippen molar-refractivity contribution >= 4 is 46.7 Å². The normalized spacial score (nSPS) is 11.9. The fourth-order valence-corrected chi connectivity index (χ4v) is 0.839. The molecule has 0 aliphatic heterocycles. The topological polar surface area (TPSA) is 24.4 Å². The molecule has 0 bridgehead atoms. The molecule has 0 fully saturated rings.